The number of halogens is 8. The van der Waals surface area contributed by atoms with E-state index in [1.165, 1.54) is 102 Å². The Morgan fingerprint density at radius 2 is 0.788 bits per heavy atom. The summed E-state index contributed by atoms with van der Waals surface area (Å²) in [4.78, 5) is 28.1. The van der Waals surface area contributed by atoms with Crippen molar-refractivity contribution in [3.05, 3.63) is 217 Å². The van der Waals surface area contributed by atoms with E-state index in [9.17, 15) is 69.5 Å². The van der Waals surface area contributed by atoms with Crippen molar-refractivity contribution in [3.8, 4) is 46.6 Å². The molecule has 0 radical (unpaired) electrons. The second-order valence-corrected chi connectivity index (χ2v) is 40.0. The molecule has 40 heteroatoms. The number of hydrogen-bond donors (Lipinski definition) is 1. The number of nitrogens with zero attached hydrogens (tertiary/aromatic N) is 11. The summed E-state index contributed by atoms with van der Waals surface area (Å²) in [5.74, 6) is 0.720. The van der Waals surface area contributed by atoms with Crippen molar-refractivity contribution in [1.82, 2.24) is 31.9 Å². The topological polar surface area (TPSA) is 341 Å². The molecule has 0 saturated carbocycles. The van der Waals surface area contributed by atoms with Gasteiger partial charge in [0.05, 0.1) is 58.8 Å². The molecule has 0 amide bonds. The van der Waals surface area contributed by atoms with Gasteiger partial charge in [-0.1, -0.05) is 118 Å². The zero-order valence-electron chi connectivity index (χ0n) is 64.5. The van der Waals surface area contributed by atoms with E-state index in [4.69, 9.17) is 107 Å². The average Bonchev–Trinajstić information content (AvgIpc) is 0.816. The van der Waals surface area contributed by atoms with Crippen LogP contribution in [0.2, 0.25) is 40.2 Å². The van der Waals surface area contributed by atoms with E-state index in [2.05, 4.69) is 28.5 Å². The molecule has 0 bridgehead atoms. The fraction of sp³-hybridized carbons (Fsp3) is 0.359. The Morgan fingerprint density at radius 1 is 0.441 bits per heavy atom. The number of piperazine rings is 2. The predicted octanol–water partition coefficient (Wildman–Crippen LogP) is 18.0. The molecule has 4 heterocycles. The van der Waals surface area contributed by atoms with E-state index >= 15 is 0 Å². The number of non-ortho nitro benzene ring substituents is 2. The zero-order chi connectivity index (χ0) is 86.4. The van der Waals surface area contributed by atoms with E-state index < -0.39 is 55.5 Å². The van der Waals surface area contributed by atoms with Crippen LogP contribution in [0.15, 0.2) is 175 Å². The van der Waals surface area contributed by atoms with Gasteiger partial charge in [-0.3, -0.25) is 25.1 Å². The quantitative estimate of drug-likeness (QED) is 0.0486. The molecule has 4 aliphatic rings. The lowest BCUT2D eigenvalue weighted by molar-refractivity contribution is -0.385. The highest BCUT2D eigenvalue weighted by molar-refractivity contribution is 8.00. The molecular weight excluding hydrogens is 1790 g/mol. The van der Waals surface area contributed by atoms with Crippen molar-refractivity contribution in [1.29, 1.82) is 10.5 Å². The van der Waals surface area contributed by atoms with E-state index in [0.717, 1.165) is 49.9 Å². The van der Waals surface area contributed by atoms with E-state index in [1.807, 2.05) is 26.0 Å². The molecule has 0 aliphatic carbocycles. The fourth-order valence-corrected chi connectivity index (χ4v) is 21.9. The molecule has 0 spiro atoms. The number of ether oxygens (including phenoxy) is 3. The minimum atomic E-state index is -4.02. The Bertz CT molecular complexity index is 5390. The van der Waals surface area contributed by atoms with Gasteiger partial charge in [0, 0.05) is 163 Å². The molecule has 4 saturated heterocycles. The maximum atomic E-state index is 13.5. The van der Waals surface area contributed by atoms with Crippen molar-refractivity contribution in [2.24, 2.45) is 5.92 Å². The number of aliphatic hydroxyl groups is 1. The minimum absolute atomic E-state index is 0.00961. The predicted molar refractivity (Wildman–Crippen MR) is 458 cm³/mol. The van der Waals surface area contributed by atoms with Gasteiger partial charge >= 0.3 is 0 Å². The third-order valence-corrected chi connectivity index (χ3v) is 30.9. The van der Waals surface area contributed by atoms with Gasteiger partial charge in [-0.05, 0) is 176 Å². The Labute approximate surface area is 731 Å². The summed E-state index contributed by atoms with van der Waals surface area (Å²) in [6.07, 6.45) is 1.81. The van der Waals surface area contributed by atoms with E-state index in [0.29, 0.717) is 118 Å². The first-order valence-electron chi connectivity index (χ1n) is 36.8. The Hall–Kier alpha value is -6.91. The highest BCUT2D eigenvalue weighted by Crippen LogP contribution is 2.44. The number of rotatable bonds is 22. The molecule has 632 valence electrons. The molecule has 1 N–H and O–H groups in total. The molecular formula is C78H83Cl8N11O16S5. The maximum absolute atomic E-state index is 13.5. The molecule has 118 heavy (non-hydrogen) atoms. The molecule has 8 aromatic carbocycles. The van der Waals surface area contributed by atoms with Crippen LogP contribution in [0.4, 0.5) is 11.4 Å². The van der Waals surface area contributed by atoms with E-state index in [-0.39, 0.29) is 119 Å². The molecule has 0 aromatic heterocycles. The van der Waals surface area contributed by atoms with Crippen LogP contribution in [0.1, 0.15) is 71.9 Å². The smallest absolute Gasteiger partial charge is 0.271 e. The van der Waals surface area contributed by atoms with Gasteiger partial charge in [-0.2, -0.15) is 27.7 Å². The summed E-state index contributed by atoms with van der Waals surface area (Å²) in [6.45, 7) is 19.8. The van der Waals surface area contributed by atoms with Crippen molar-refractivity contribution in [2.45, 2.75) is 102 Å². The summed E-state index contributed by atoms with van der Waals surface area (Å²) in [5.41, 5.74) is -1.06. The maximum Gasteiger partial charge on any atom is 0.271 e. The third-order valence-electron chi connectivity index (χ3n) is 19.6. The van der Waals surface area contributed by atoms with Crippen LogP contribution in [-0.4, -0.2) is 197 Å². The molecule has 8 aromatic rings. The summed E-state index contributed by atoms with van der Waals surface area (Å²) in [5, 5.41) is 54.1. The lowest BCUT2D eigenvalue weighted by Crippen LogP contribution is -2.48. The van der Waals surface area contributed by atoms with Gasteiger partial charge in [0.15, 0.2) is 0 Å². The van der Waals surface area contributed by atoms with Gasteiger partial charge in [0.2, 0.25) is 40.1 Å². The molecule has 27 nitrogen and oxygen atoms in total. The molecule has 12 rings (SSSR count). The first kappa shape index (κ1) is 94.9. The number of nitriles is 2. The number of hydrogen-bond acceptors (Lipinski definition) is 22. The van der Waals surface area contributed by atoms with Crippen LogP contribution in [0.5, 0.6) is 34.5 Å². The Balaban J connectivity index is 0.000000179. The SMILES string of the molecule is CC(C)(O)C1CCN(S(=O)(=O)c2cc(C#N)ccc2Oc2cc(Cl)ccc2Cl)CC1.CC(C)N1CCCN(S(=O)(=O)c2cc(C#N)ccc2Oc2cc(Cl)ccc2Cl)CC1.CCN1CCN(S(=O)(=O)c2cc([N+](=O)[O-])ccc2Oc2cc(Cl)ccc2Cl)CC1.CCN1CCN(S(=O)(=O)c2cc([N+](=O)[O-])ccc2Sc2cc(Cl)ccc2Cl)CC1. The number of benzene rings is 8. The van der Waals surface area contributed by atoms with Gasteiger partial charge < -0.3 is 29.1 Å². The van der Waals surface area contributed by atoms with E-state index in [1.54, 1.807) is 62.4 Å². The number of likely N-dealkylation sites (N-methyl/N-ethyl adjacent to an activating group) is 2. The van der Waals surface area contributed by atoms with Crippen LogP contribution in [0, 0.1) is 48.8 Å². The minimum Gasteiger partial charge on any atom is -0.454 e. The van der Waals surface area contributed by atoms with Gasteiger partial charge in [-0.25, -0.2) is 33.7 Å². The second kappa shape index (κ2) is 41.8. The molecule has 0 unspecified atom stereocenters. The number of piperidine rings is 1. The lowest BCUT2D eigenvalue weighted by atomic mass is 9.84. The normalized spacial score (nSPS) is 16.2. The second-order valence-electron chi connectivity index (χ2n) is 27.9. The molecule has 0 atom stereocenters. The Morgan fingerprint density at radius 3 is 1.18 bits per heavy atom. The van der Waals surface area contributed by atoms with Crippen LogP contribution in [-0.2, 0) is 40.1 Å². The van der Waals surface area contributed by atoms with Crippen molar-refractivity contribution >= 4 is 156 Å². The van der Waals surface area contributed by atoms with Crippen molar-refractivity contribution in [2.75, 3.05) is 105 Å². The number of sulfonamides is 4. The van der Waals surface area contributed by atoms with Crippen molar-refractivity contribution < 1.29 is 62.8 Å². The van der Waals surface area contributed by atoms with Crippen LogP contribution in [0.3, 0.4) is 0 Å². The number of nitro groups is 2. The monoisotopic (exact) mass is 1870 g/mol. The molecule has 4 fully saturated rings. The summed E-state index contributed by atoms with van der Waals surface area (Å²) in [7, 11) is -15.8. The highest BCUT2D eigenvalue weighted by atomic mass is 35.5. The first-order chi connectivity index (χ1) is 55.7. The summed E-state index contributed by atoms with van der Waals surface area (Å²) >= 11 is 49.8. The van der Waals surface area contributed by atoms with Crippen molar-refractivity contribution in [3.63, 3.8) is 0 Å². The van der Waals surface area contributed by atoms with Crippen LogP contribution in [0.25, 0.3) is 0 Å². The number of nitro benzene ring substituents is 2. The van der Waals surface area contributed by atoms with Gasteiger partial charge in [0.25, 0.3) is 11.4 Å². The first-order valence-corrected chi connectivity index (χ1v) is 46.4. The Kier molecular flexibility index (Phi) is 33.6. The highest BCUT2D eigenvalue weighted by Gasteiger charge is 2.39. The largest absolute Gasteiger partial charge is 0.454 e. The fourth-order valence-electron chi connectivity index (χ4n) is 12.8. The van der Waals surface area contributed by atoms with Crippen LogP contribution < -0.4 is 14.2 Å². The van der Waals surface area contributed by atoms with Crippen LogP contribution >= 0.6 is 105 Å². The average molecular weight is 1870 g/mol. The third kappa shape index (κ3) is 24.5. The summed E-state index contributed by atoms with van der Waals surface area (Å²) in [6, 6.07) is 38.9. The summed E-state index contributed by atoms with van der Waals surface area (Å²) < 4.78 is 130. The standard InChI is InChI=1S/C21H23Cl2N3O3S.C21H22Cl2N2O4S.C18H19Cl2N3O5S.C18H19Cl2N3O4S2/c1-15(2)25-8-3-9-26(11-10-25)30(27,28)21-12-16(14-24)4-7-19(21)29-20-13-17(22)5-6-18(20)23;1-21(2,26)15-7-9-25(10-8-15)30(27,28)20-11-14(13-24)3-6-18(20)29-19-12-16(22)4-5-17(19)23;2*1-2-21-7-9-22(10-8-21)29(26,27)18-12-14(23(24)25)4-6-16(18)28-17-11-13(19)3-5-15(17)20/h4-7,12-13,15H,3,8-11H2,1-2H3;3-6,11-12,15,26H,7-10H2,1-2H3;2*3-6,11-12H,2,7-10H2,1H3. The van der Waals surface area contributed by atoms with Gasteiger partial charge in [-0.15, -0.1) is 0 Å². The lowest BCUT2D eigenvalue weighted by Gasteiger charge is -2.37. The van der Waals surface area contributed by atoms with Gasteiger partial charge in [0.1, 0.15) is 54.1 Å². The zero-order valence-corrected chi connectivity index (χ0v) is 74.6. The molecule has 4 aliphatic heterocycles.